The number of hydrogen-bond donors (Lipinski definition) is 2. The number of nitrogens with two attached hydrogens (primary N) is 2. The second-order valence-corrected chi connectivity index (χ2v) is 3.43. The minimum absolute atomic E-state index is 0.150. The first-order chi connectivity index (χ1) is 7.58. The average molecular weight is 217 g/mol. The second-order valence-electron chi connectivity index (χ2n) is 3.43. The number of rotatable bonds is 2. The fourth-order valence-corrected chi connectivity index (χ4v) is 1.43. The molecular weight excluding hydrogens is 206 g/mol. The van der Waals surface area contributed by atoms with Crippen LogP contribution in [-0.2, 0) is 0 Å². The van der Waals surface area contributed by atoms with Crippen LogP contribution in [0.4, 0.5) is 5.95 Å². The molecule has 0 saturated heterocycles. The van der Waals surface area contributed by atoms with E-state index in [1.54, 1.807) is 12.1 Å². The highest BCUT2D eigenvalue weighted by molar-refractivity contribution is 5.96. The molecule has 0 aliphatic carbocycles. The Bertz CT molecular complexity index is 546. The highest BCUT2D eigenvalue weighted by atomic mass is 16.1. The number of aromatic nitrogens is 3. The van der Waals surface area contributed by atoms with Crippen molar-refractivity contribution in [3.05, 3.63) is 35.7 Å². The van der Waals surface area contributed by atoms with Gasteiger partial charge < -0.3 is 11.5 Å². The lowest BCUT2D eigenvalue weighted by Crippen LogP contribution is -2.15. The van der Waals surface area contributed by atoms with Crippen molar-refractivity contribution in [3.63, 3.8) is 0 Å². The third-order valence-electron chi connectivity index (χ3n) is 2.18. The molecule has 2 aromatic rings. The predicted molar refractivity (Wildman–Crippen MR) is 59.0 cm³/mol. The molecular formula is C10H11N5O. The minimum Gasteiger partial charge on any atom is -0.366 e. The van der Waals surface area contributed by atoms with E-state index < -0.39 is 5.91 Å². The fraction of sp³-hybridized carbons (Fsp3) is 0.100. The molecule has 2 rings (SSSR count). The maximum absolute atomic E-state index is 11.2. The summed E-state index contributed by atoms with van der Waals surface area (Å²) in [6.07, 6.45) is 1.44. The Kier molecular flexibility index (Phi) is 2.32. The van der Waals surface area contributed by atoms with E-state index in [0.29, 0.717) is 11.3 Å². The van der Waals surface area contributed by atoms with Crippen molar-refractivity contribution in [1.82, 2.24) is 14.8 Å². The van der Waals surface area contributed by atoms with Gasteiger partial charge in [0.25, 0.3) is 5.91 Å². The van der Waals surface area contributed by atoms with Crippen molar-refractivity contribution in [3.8, 4) is 5.69 Å². The Labute approximate surface area is 91.9 Å². The number of aryl methyl sites for hydroxylation is 1. The van der Waals surface area contributed by atoms with Crippen LogP contribution in [0, 0.1) is 6.92 Å². The maximum atomic E-state index is 11.2. The number of anilines is 1. The van der Waals surface area contributed by atoms with Crippen molar-refractivity contribution < 1.29 is 4.79 Å². The molecule has 1 amide bonds. The van der Waals surface area contributed by atoms with Gasteiger partial charge in [0, 0.05) is 0 Å². The molecule has 6 heteroatoms. The summed E-state index contributed by atoms with van der Waals surface area (Å²) in [7, 11) is 0. The van der Waals surface area contributed by atoms with Crippen molar-refractivity contribution >= 4 is 11.9 Å². The van der Waals surface area contributed by atoms with Crippen LogP contribution in [0.25, 0.3) is 5.69 Å². The Morgan fingerprint density at radius 2 is 2.19 bits per heavy atom. The Morgan fingerprint density at radius 1 is 1.44 bits per heavy atom. The summed E-state index contributed by atoms with van der Waals surface area (Å²) >= 11 is 0. The molecule has 4 N–H and O–H groups in total. The third-order valence-corrected chi connectivity index (χ3v) is 2.18. The number of amides is 1. The van der Waals surface area contributed by atoms with Crippen LogP contribution in [0.3, 0.4) is 0 Å². The molecule has 16 heavy (non-hydrogen) atoms. The van der Waals surface area contributed by atoms with Crippen LogP contribution >= 0.6 is 0 Å². The molecule has 0 aliphatic rings. The molecule has 0 atom stereocenters. The van der Waals surface area contributed by atoms with Gasteiger partial charge in [0.15, 0.2) is 0 Å². The van der Waals surface area contributed by atoms with Crippen LogP contribution in [0.2, 0.25) is 0 Å². The number of carbonyl (C=O) groups is 1. The van der Waals surface area contributed by atoms with Gasteiger partial charge in [0.2, 0.25) is 5.95 Å². The molecule has 0 bridgehead atoms. The first-order valence-electron chi connectivity index (χ1n) is 4.66. The van der Waals surface area contributed by atoms with Gasteiger partial charge in [-0.3, -0.25) is 4.79 Å². The molecule has 1 heterocycles. The lowest BCUT2D eigenvalue weighted by molar-refractivity contribution is 0.1000. The molecule has 1 aromatic carbocycles. The van der Waals surface area contributed by atoms with E-state index in [1.165, 1.54) is 11.0 Å². The molecule has 0 spiro atoms. The zero-order valence-corrected chi connectivity index (χ0v) is 8.71. The van der Waals surface area contributed by atoms with Crippen molar-refractivity contribution in [2.24, 2.45) is 5.73 Å². The van der Waals surface area contributed by atoms with Gasteiger partial charge in [-0.15, -0.1) is 5.10 Å². The topological polar surface area (TPSA) is 99.8 Å². The zero-order chi connectivity index (χ0) is 11.7. The molecule has 0 unspecified atom stereocenters. The smallest absolute Gasteiger partial charge is 0.250 e. The first-order valence-corrected chi connectivity index (χ1v) is 4.66. The van der Waals surface area contributed by atoms with E-state index in [1.807, 2.05) is 13.0 Å². The van der Waals surface area contributed by atoms with Crippen LogP contribution < -0.4 is 11.5 Å². The van der Waals surface area contributed by atoms with Gasteiger partial charge in [-0.2, -0.15) is 0 Å². The number of nitrogen functional groups attached to an aromatic ring is 1. The van der Waals surface area contributed by atoms with Gasteiger partial charge in [-0.1, -0.05) is 6.07 Å². The van der Waals surface area contributed by atoms with E-state index in [-0.39, 0.29) is 5.95 Å². The number of carbonyl (C=O) groups excluding carboxylic acids is 1. The lowest BCUT2D eigenvalue weighted by atomic mass is 10.1. The SMILES string of the molecule is Cc1ccc(C(N)=O)c(-n2cnc(N)n2)c1. The van der Waals surface area contributed by atoms with Crippen molar-refractivity contribution in [2.75, 3.05) is 5.73 Å². The van der Waals surface area contributed by atoms with Crippen LogP contribution in [0.1, 0.15) is 15.9 Å². The summed E-state index contributed by atoms with van der Waals surface area (Å²) in [5.41, 5.74) is 12.7. The van der Waals surface area contributed by atoms with E-state index in [4.69, 9.17) is 11.5 Å². The second kappa shape index (κ2) is 3.65. The lowest BCUT2D eigenvalue weighted by Gasteiger charge is -2.06. The summed E-state index contributed by atoms with van der Waals surface area (Å²) in [4.78, 5) is 15.0. The van der Waals surface area contributed by atoms with E-state index >= 15 is 0 Å². The largest absolute Gasteiger partial charge is 0.366 e. The van der Waals surface area contributed by atoms with Gasteiger partial charge in [0.05, 0.1) is 11.3 Å². The molecule has 82 valence electrons. The Morgan fingerprint density at radius 3 is 2.75 bits per heavy atom. The summed E-state index contributed by atoms with van der Waals surface area (Å²) in [6, 6.07) is 5.27. The van der Waals surface area contributed by atoms with Crippen molar-refractivity contribution in [2.45, 2.75) is 6.92 Å². The molecule has 0 aliphatic heterocycles. The van der Waals surface area contributed by atoms with Gasteiger partial charge >= 0.3 is 0 Å². The van der Waals surface area contributed by atoms with Crippen LogP contribution in [-0.4, -0.2) is 20.7 Å². The molecule has 1 aromatic heterocycles. The monoisotopic (exact) mass is 217 g/mol. The quantitative estimate of drug-likeness (QED) is 0.753. The first kappa shape index (κ1) is 10.2. The average Bonchev–Trinajstić information content (AvgIpc) is 2.64. The van der Waals surface area contributed by atoms with Crippen LogP contribution in [0.5, 0.6) is 0 Å². The normalized spacial score (nSPS) is 10.3. The number of nitrogens with zero attached hydrogens (tertiary/aromatic N) is 3. The number of benzene rings is 1. The number of hydrogen-bond acceptors (Lipinski definition) is 4. The Hall–Kier alpha value is -2.37. The van der Waals surface area contributed by atoms with Crippen LogP contribution in [0.15, 0.2) is 24.5 Å². The summed E-state index contributed by atoms with van der Waals surface area (Å²) < 4.78 is 1.43. The van der Waals surface area contributed by atoms with E-state index in [0.717, 1.165) is 5.56 Å². The predicted octanol–water partition coefficient (Wildman–Crippen LogP) is 0.257. The molecule has 6 nitrogen and oxygen atoms in total. The number of primary amides is 1. The van der Waals surface area contributed by atoms with E-state index in [9.17, 15) is 4.79 Å². The molecule has 0 radical (unpaired) electrons. The van der Waals surface area contributed by atoms with Gasteiger partial charge in [0.1, 0.15) is 6.33 Å². The Balaban J connectivity index is 2.62. The fourth-order valence-electron chi connectivity index (χ4n) is 1.43. The van der Waals surface area contributed by atoms with E-state index in [2.05, 4.69) is 10.1 Å². The summed E-state index contributed by atoms with van der Waals surface area (Å²) in [6.45, 7) is 1.91. The summed E-state index contributed by atoms with van der Waals surface area (Å²) in [5.74, 6) is -0.360. The summed E-state index contributed by atoms with van der Waals surface area (Å²) in [5, 5.41) is 3.94. The third kappa shape index (κ3) is 1.72. The molecule has 0 saturated carbocycles. The maximum Gasteiger partial charge on any atom is 0.250 e. The zero-order valence-electron chi connectivity index (χ0n) is 8.71. The highest BCUT2D eigenvalue weighted by Gasteiger charge is 2.11. The van der Waals surface area contributed by atoms with Gasteiger partial charge in [-0.25, -0.2) is 9.67 Å². The standard InChI is InChI=1S/C10H11N5O/c1-6-2-3-7(9(11)16)8(4-6)15-5-13-10(12)14-15/h2-5H,1H3,(H2,11,16)(H2,12,14). The highest BCUT2D eigenvalue weighted by Crippen LogP contribution is 2.15. The minimum atomic E-state index is -0.510. The van der Waals surface area contributed by atoms with Crippen molar-refractivity contribution in [1.29, 1.82) is 0 Å². The molecule has 0 fully saturated rings. The van der Waals surface area contributed by atoms with Gasteiger partial charge in [-0.05, 0) is 24.6 Å².